The molecule has 1 N–H and O–H groups in total. The number of hydrogen-bond acceptors (Lipinski definition) is 6. The van der Waals surface area contributed by atoms with Crippen LogP contribution >= 0.6 is 0 Å². The third-order valence-corrected chi connectivity index (χ3v) is 3.46. The van der Waals surface area contributed by atoms with Crippen molar-refractivity contribution in [3.8, 4) is 0 Å². The highest BCUT2D eigenvalue weighted by atomic mass is 16.6. The summed E-state index contributed by atoms with van der Waals surface area (Å²) in [6, 6.07) is 0. The predicted molar refractivity (Wildman–Crippen MR) is 59.5 cm³/mol. The summed E-state index contributed by atoms with van der Waals surface area (Å²) >= 11 is 0. The van der Waals surface area contributed by atoms with Gasteiger partial charge >= 0.3 is 11.9 Å². The van der Waals surface area contributed by atoms with Crippen LogP contribution < -0.4 is 0 Å². The van der Waals surface area contributed by atoms with Gasteiger partial charge in [0.2, 0.25) is 0 Å². The molecule has 6 nitrogen and oxygen atoms in total. The average molecular weight is 256 g/mol. The Hall–Kier alpha value is -1.40. The highest BCUT2D eigenvalue weighted by molar-refractivity contribution is 6.02. The molecular weight excluding hydrogens is 240 g/mol. The number of methoxy groups -OCH3 is 1. The number of aliphatic hydroxyl groups is 1. The van der Waals surface area contributed by atoms with Crippen molar-refractivity contribution in [2.45, 2.75) is 25.0 Å². The summed E-state index contributed by atoms with van der Waals surface area (Å²) in [6.45, 7) is 1.53. The lowest BCUT2D eigenvalue weighted by atomic mass is 9.73. The topological polar surface area (TPSA) is 82.1 Å². The van der Waals surface area contributed by atoms with Crippen LogP contribution in [0.3, 0.4) is 0 Å². The van der Waals surface area contributed by atoms with Crippen LogP contribution in [-0.2, 0) is 23.8 Å². The predicted octanol–water partition coefficient (Wildman–Crippen LogP) is -0.201. The van der Waals surface area contributed by atoms with Crippen LogP contribution in [-0.4, -0.2) is 49.1 Å². The second-order valence-corrected chi connectivity index (χ2v) is 4.48. The van der Waals surface area contributed by atoms with Gasteiger partial charge in [-0.25, -0.2) is 0 Å². The van der Waals surface area contributed by atoms with E-state index >= 15 is 0 Å². The quantitative estimate of drug-likeness (QED) is 0.426. The molecule has 0 aromatic rings. The van der Waals surface area contributed by atoms with Gasteiger partial charge in [0, 0.05) is 6.42 Å². The van der Waals surface area contributed by atoms with Crippen molar-refractivity contribution in [2.75, 3.05) is 20.3 Å². The Morgan fingerprint density at radius 3 is 2.72 bits per heavy atom. The van der Waals surface area contributed by atoms with E-state index in [0.29, 0.717) is 0 Å². The molecule has 0 spiro atoms. The lowest BCUT2D eigenvalue weighted by Gasteiger charge is -2.29. The maximum atomic E-state index is 12.1. The molecule has 18 heavy (non-hydrogen) atoms. The lowest BCUT2D eigenvalue weighted by molar-refractivity contribution is -0.173. The summed E-state index contributed by atoms with van der Waals surface area (Å²) in [6.07, 6.45) is 2.59. The van der Waals surface area contributed by atoms with Crippen molar-refractivity contribution in [3.63, 3.8) is 0 Å². The van der Waals surface area contributed by atoms with Crippen LogP contribution in [0.5, 0.6) is 0 Å². The fourth-order valence-electron chi connectivity index (χ4n) is 2.58. The molecule has 3 atom stereocenters. The molecule has 2 bridgehead atoms. The molecule has 3 unspecified atom stereocenters. The van der Waals surface area contributed by atoms with E-state index in [1.54, 1.807) is 19.1 Å². The highest BCUT2D eigenvalue weighted by Crippen LogP contribution is 2.51. The molecule has 0 aliphatic carbocycles. The number of carbonyl (C=O) groups excluding carboxylic acids is 2. The van der Waals surface area contributed by atoms with Gasteiger partial charge in [0.15, 0.2) is 5.41 Å². The molecule has 100 valence electrons. The molecule has 0 aromatic heterocycles. The summed E-state index contributed by atoms with van der Waals surface area (Å²) in [5.41, 5.74) is -2.48. The maximum Gasteiger partial charge on any atom is 0.326 e. The zero-order chi connectivity index (χ0) is 13.4. The number of ether oxygens (including phenoxy) is 3. The van der Waals surface area contributed by atoms with Gasteiger partial charge in [-0.3, -0.25) is 9.59 Å². The number of hydrogen-bond donors (Lipinski definition) is 1. The Morgan fingerprint density at radius 1 is 1.50 bits per heavy atom. The summed E-state index contributed by atoms with van der Waals surface area (Å²) in [5, 5.41) is 9.36. The Morgan fingerprint density at radius 2 is 2.22 bits per heavy atom. The van der Waals surface area contributed by atoms with Gasteiger partial charge in [-0.05, 0) is 6.92 Å². The number of esters is 2. The summed E-state index contributed by atoms with van der Waals surface area (Å²) in [5.74, 6) is -1.35. The Bertz CT molecular complexity index is 403. The van der Waals surface area contributed by atoms with E-state index in [9.17, 15) is 14.7 Å². The first kappa shape index (κ1) is 13.0. The minimum absolute atomic E-state index is 0.0448. The molecule has 0 radical (unpaired) electrons. The van der Waals surface area contributed by atoms with Crippen LogP contribution in [0.25, 0.3) is 0 Å². The van der Waals surface area contributed by atoms with Crippen molar-refractivity contribution in [2.24, 2.45) is 5.41 Å². The SMILES string of the molecule is CCOC(=O)C1(C(=O)OC)CC2(CO)C=CC1O2. The third kappa shape index (κ3) is 1.56. The highest BCUT2D eigenvalue weighted by Gasteiger charge is 2.67. The first-order valence-electron chi connectivity index (χ1n) is 5.78. The first-order valence-corrected chi connectivity index (χ1v) is 5.78. The number of fused-ring (bicyclic) bond motifs is 2. The van der Waals surface area contributed by atoms with E-state index in [4.69, 9.17) is 14.2 Å². The van der Waals surface area contributed by atoms with E-state index in [1.807, 2.05) is 0 Å². The van der Waals surface area contributed by atoms with Crippen LogP contribution in [0.15, 0.2) is 12.2 Å². The molecule has 1 fully saturated rings. The van der Waals surface area contributed by atoms with E-state index < -0.39 is 29.1 Å². The zero-order valence-corrected chi connectivity index (χ0v) is 10.3. The monoisotopic (exact) mass is 256 g/mol. The van der Waals surface area contributed by atoms with Crippen molar-refractivity contribution in [1.82, 2.24) is 0 Å². The van der Waals surface area contributed by atoms with Crippen molar-refractivity contribution >= 4 is 11.9 Å². The smallest absolute Gasteiger partial charge is 0.326 e. The van der Waals surface area contributed by atoms with Crippen molar-refractivity contribution < 1.29 is 28.9 Å². The molecule has 2 heterocycles. The van der Waals surface area contributed by atoms with Crippen LogP contribution in [0.2, 0.25) is 0 Å². The molecule has 2 rings (SSSR count). The van der Waals surface area contributed by atoms with Gasteiger partial charge in [0.1, 0.15) is 11.7 Å². The van der Waals surface area contributed by atoms with Gasteiger partial charge in [0.05, 0.1) is 20.3 Å². The van der Waals surface area contributed by atoms with Crippen LogP contribution in [0.4, 0.5) is 0 Å². The fraction of sp³-hybridized carbons (Fsp3) is 0.667. The number of aliphatic hydroxyl groups excluding tert-OH is 1. The molecule has 1 saturated heterocycles. The Labute approximate surface area is 105 Å². The molecular formula is C12H16O6. The van der Waals surface area contributed by atoms with E-state index in [2.05, 4.69) is 0 Å². The summed E-state index contributed by atoms with van der Waals surface area (Å²) in [4.78, 5) is 24.1. The molecule has 6 heteroatoms. The van der Waals surface area contributed by atoms with Gasteiger partial charge < -0.3 is 19.3 Å². The minimum Gasteiger partial charge on any atom is -0.468 e. The maximum absolute atomic E-state index is 12.1. The number of carbonyl (C=O) groups is 2. The Balaban J connectivity index is 2.38. The van der Waals surface area contributed by atoms with Gasteiger partial charge in [-0.1, -0.05) is 12.2 Å². The molecule has 0 amide bonds. The zero-order valence-electron chi connectivity index (χ0n) is 10.3. The normalized spacial score (nSPS) is 36.7. The first-order chi connectivity index (χ1) is 8.54. The second-order valence-electron chi connectivity index (χ2n) is 4.48. The summed E-state index contributed by atoms with van der Waals surface area (Å²) < 4.78 is 15.2. The lowest BCUT2D eigenvalue weighted by Crippen LogP contribution is -2.48. The van der Waals surface area contributed by atoms with E-state index in [-0.39, 0.29) is 19.6 Å². The van der Waals surface area contributed by atoms with Crippen molar-refractivity contribution in [3.05, 3.63) is 12.2 Å². The molecule has 2 aliphatic rings. The van der Waals surface area contributed by atoms with E-state index in [1.165, 1.54) is 7.11 Å². The van der Waals surface area contributed by atoms with Crippen LogP contribution in [0, 0.1) is 5.41 Å². The van der Waals surface area contributed by atoms with E-state index in [0.717, 1.165) is 0 Å². The molecule has 0 aromatic carbocycles. The second kappa shape index (κ2) is 4.37. The minimum atomic E-state index is -1.50. The van der Waals surface area contributed by atoms with Gasteiger partial charge in [-0.15, -0.1) is 0 Å². The average Bonchev–Trinajstić information content (AvgIpc) is 2.95. The third-order valence-electron chi connectivity index (χ3n) is 3.46. The standard InChI is InChI=1S/C12H16O6/c1-3-17-10(15)12(9(14)16-2)6-11(7-13)5-4-8(12)18-11/h4-5,8,13H,3,6-7H2,1-2H3. The molecule has 0 saturated carbocycles. The van der Waals surface area contributed by atoms with Crippen LogP contribution in [0.1, 0.15) is 13.3 Å². The van der Waals surface area contributed by atoms with Gasteiger partial charge in [0.25, 0.3) is 0 Å². The van der Waals surface area contributed by atoms with Crippen molar-refractivity contribution in [1.29, 1.82) is 0 Å². The molecule has 2 aliphatic heterocycles. The number of rotatable bonds is 4. The Kier molecular flexibility index (Phi) is 3.16. The largest absolute Gasteiger partial charge is 0.468 e. The fourth-order valence-corrected chi connectivity index (χ4v) is 2.58. The summed E-state index contributed by atoms with van der Waals surface area (Å²) in [7, 11) is 1.21. The van der Waals surface area contributed by atoms with Gasteiger partial charge in [-0.2, -0.15) is 0 Å².